The maximum atomic E-state index is 13.9. The summed E-state index contributed by atoms with van der Waals surface area (Å²) in [6.45, 7) is 6.06. The molecule has 12 heteroatoms. The minimum atomic E-state index is -1.32. The van der Waals surface area contributed by atoms with E-state index in [2.05, 4.69) is 10.6 Å². The van der Waals surface area contributed by atoms with Gasteiger partial charge < -0.3 is 35.8 Å². The highest BCUT2D eigenvalue weighted by atomic mass is 16.5. The van der Waals surface area contributed by atoms with Gasteiger partial charge in [0.1, 0.15) is 18.7 Å². The van der Waals surface area contributed by atoms with Gasteiger partial charge in [-0.05, 0) is 31.2 Å². The molecule has 47 heavy (non-hydrogen) atoms. The maximum absolute atomic E-state index is 13.9. The summed E-state index contributed by atoms with van der Waals surface area (Å²) in [5, 5.41) is 15.5. The van der Waals surface area contributed by atoms with E-state index in [1.54, 1.807) is 45.0 Å². The van der Waals surface area contributed by atoms with Crippen LogP contribution in [0.15, 0.2) is 60.7 Å². The van der Waals surface area contributed by atoms with Crippen LogP contribution in [0, 0.1) is 11.3 Å². The zero-order valence-electron chi connectivity index (χ0n) is 28.1. The Morgan fingerprint density at radius 1 is 0.936 bits per heavy atom. The zero-order chi connectivity index (χ0) is 35.0. The number of methoxy groups -OCH3 is 1. The zero-order valence-corrected chi connectivity index (χ0v) is 28.1. The third-order valence-corrected chi connectivity index (χ3v) is 8.08. The van der Waals surface area contributed by atoms with Crippen molar-refractivity contribution in [3.63, 3.8) is 0 Å². The van der Waals surface area contributed by atoms with Crippen LogP contribution in [0.3, 0.4) is 0 Å². The molecule has 0 heterocycles. The SMILES string of the molecule is COC(=O)C(C(C)C)N(CCCCCC(=O)c1ccccc1)C(=O)C(N)[C@](C)(CO)CNC(=O)[C@H](C)NC(=O)OCc1ccccc1. The van der Waals surface area contributed by atoms with Crippen LogP contribution in [0.2, 0.25) is 0 Å². The molecule has 0 saturated carbocycles. The smallest absolute Gasteiger partial charge is 0.408 e. The van der Waals surface area contributed by atoms with Crippen molar-refractivity contribution in [2.24, 2.45) is 17.1 Å². The van der Waals surface area contributed by atoms with Crippen molar-refractivity contribution in [3.8, 4) is 0 Å². The number of nitrogens with zero attached hydrogens (tertiary/aromatic N) is 1. The van der Waals surface area contributed by atoms with Crippen LogP contribution < -0.4 is 16.4 Å². The van der Waals surface area contributed by atoms with E-state index in [0.717, 1.165) is 5.56 Å². The molecule has 0 spiro atoms. The van der Waals surface area contributed by atoms with E-state index in [9.17, 15) is 29.1 Å². The standard InChI is InChI=1S/C35H50N4O8/c1-24(2)29(33(44)46-5)39(20-14-8-13-19-28(41)27-17-11-7-12-18-27)32(43)30(36)35(4,23-40)22-37-31(42)25(3)38-34(45)47-21-26-15-9-6-10-16-26/h6-7,9-12,15-18,24-25,29-30,40H,8,13-14,19-23,36H2,1-5H3,(H,37,42)(H,38,45)/t25-,29?,30?,35-/m0/s1. The van der Waals surface area contributed by atoms with Crippen molar-refractivity contribution >= 4 is 29.7 Å². The van der Waals surface area contributed by atoms with Crippen molar-refractivity contribution < 1.29 is 38.6 Å². The van der Waals surface area contributed by atoms with Gasteiger partial charge in [-0.15, -0.1) is 0 Å². The number of rotatable bonds is 19. The number of hydrogen-bond acceptors (Lipinski definition) is 9. The highest BCUT2D eigenvalue weighted by molar-refractivity contribution is 5.96. The minimum Gasteiger partial charge on any atom is -0.467 e. The van der Waals surface area contributed by atoms with Crippen LogP contribution in [0.5, 0.6) is 0 Å². The number of benzene rings is 2. The molecule has 2 aromatic rings. The number of ether oxygens (including phenoxy) is 2. The number of Topliss-reactive ketones (excluding diaryl/α,β-unsaturated/α-hetero) is 1. The molecular weight excluding hydrogens is 604 g/mol. The largest absolute Gasteiger partial charge is 0.467 e. The number of nitrogens with two attached hydrogens (primary N) is 1. The Labute approximate surface area is 277 Å². The van der Waals surface area contributed by atoms with Gasteiger partial charge in [0.15, 0.2) is 5.78 Å². The Morgan fingerprint density at radius 3 is 2.13 bits per heavy atom. The molecule has 0 aliphatic rings. The number of hydrogen-bond donors (Lipinski definition) is 4. The van der Waals surface area contributed by atoms with E-state index in [4.69, 9.17) is 15.2 Å². The monoisotopic (exact) mass is 654 g/mol. The molecule has 0 aliphatic heterocycles. The fourth-order valence-electron chi connectivity index (χ4n) is 4.97. The molecule has 3 amide bonds. The first-order valence-corrected chi connectivity index (χ1v) is 15.9. The number of alkyl carbamates (subject to hydrolysis) is 1. The molecule has 0 fully saturated rings. The second-order valence-corrected chi connectivity index (χ2v) is 12.3. The molecule has 12 nitrogen and oxygen atoms in total. The van der Waals surface area contributed by atoms with Crippen molar-refractivity contribution in [2.45, 2.75) is 78.1 Å². The summed E-state index contributed by atoms with van der Waals surface area (Å²) < 4.78 is 10.2. The Hall–Kier alpha value is -4.29. The lowest BCUT2D eigenvalue weighted by molar-refractivity contribution is -0.157. The average Bonchev–Trinajstić information content (AvgIpc) is 3.08. The van der Waals surface area contributed by atoms with Gasteiger partial charge in [-0.25, -0.2) is 9.59 Å². The van der Waals surface area contributed by atoms with Gasteiger partial charge in [-0.2, -0.15) is 0 Å². The lowest BCUT2D eigenvalue weighted by atomic mass is 9.81. The van der Waals surface area contributed by atoms with Crippen LogP contribution in [0.1, 0.15) is 69.3 Å². The lowest BCUT2D eigenvalue weighted by Gasteiger charge is -2.39. The molecular formula is C35H50N4O8. The Morgan fingerprint density at radius 2 is 1.55 bits per heavy atom. The topological polar surface area (TPSA) is 177 Å². The summed E-state index contributed by atoms with van der Waals surface area (Å²) in [6.07, 6.45) is 1.28. The van der Waals surface area contributed by atoms with Crippen molar-refractivity contribution in [3.05, 3.63) is 71.8 Å². The van der Waals surface area contributed by atoms with Crippen LogP contribution >= 0.6 is 0 Å². The number of unbranched alkanes of at least 4 members (excludes halogenated alkanes) is 2. The van der Waals surface area contributed by atoms with Gasteiger partial charge in [0, 0.05) is 30.5 Å². The Kier molecular flexibility index (Phi) is 16.0. The van der Waals surface area contributed by atoms with Gasteiger partial charge in [0.05, 0.1) is 19.8 Å². The number of carbonyl (C=O) groups excluding carboxylic acids is 5. The van der Waals surface area contributed by atoms with Crippen molar-refractivity contribution in [1.82, 2.24) is 15.5 Å². The highest BCUT2D eigenvalue weighted by Crippen LogP contribution is 2.24. The van der Waals surface area contributed by atoms with E-state index in [1.165, 1.54) is 18.9 Å². The predicted octanol–water partition coefficient (Wildman–Crippen LogP) is 3.21. The molecule has 0 radical (unpaired) electrons. The molecule has 4 atom stereocenters. The highest BCUT2D eigenvalue weighted by Gasteiger charge is 2.42. The number of ketones is 1. The second-order valence-electron chi connectivity index (χ2n) is 12.3. The fourth-order valence-corrected chi connectivity index (χ4v) is 4.97. The second kappa shape index (κ2) is 19.4. The third-order valence-electron chi connectivity index (χ3n) is 8.08. The van der Waals surface area contributed by atoms with Gasteiger partial charge in [-0.3, -0.25) is 14.4 Å². The van der Waals surface area contributed by atoms with Crippen LogP contribution in [-0.2, 0) is 30.5 Å². The van der Waals surface area contributed by atoms with Crippen LogP contribution in [0.4, 0.5) is 4.79 Å². The summed E-state index contributed by atoms with van der Waals surface area (Å²) in [5.74, 6) is -2.04. The summed E-state index contributed by atoms with van der Waals surface area (Å²) in [7, 11) is 1.25. The summed E-state index contributed by atoms with van der Waals surface area (Å²) in [5.41, 5.74) is 6.58. The van der Waals surface area contributed by atoms with Gasteiger partial charge in [0.2, 0.25) is 11.8 Å². The fraction of sp³-hybridized carbons (Fsp3) is 0.514. The molecule has 5 N–H and O–H groups in total. The molecule has 0 saturated heterocycles. The average molecular weight is 655 g/mol. The minimum absolute atomic E-state index is 0.0320. The number of aliphatic hydroxyl groups is 1. The molecule has 2 rings (SSSR count). The summed E-state index contributed by atoms with van der Waals surface area (Å²) in [6, 6.07) is 14.9. The molecule has 2 aromatic carbocycles. The Balaban J connectivity index is 2.03. The molecule has 0 aromatic heterocycles. The lowest BCUT2D eigenvalue weighted by Crippen LogP contribution is -2.61. The van der Waals surface area contributed by atoms with Crippen molar-refractivity contribution in [2.75, 3.05) is 26.8 Å². The molecule has 0 bridgehead atoms. The van der Waals surface area contributed by atoms with Crippen LogP contribution in [-0.4, -0.2) is 84.6 Å². The first-order valence-electron chi connectivity index (χ1n) is 15.9. The van der Waals surface area contributed by atoms with E-state index in [-0.39, 0.29) is 31.4 Å². The van der Waals surface area contributed by atoms with Gasteiger partial charge in [-0.1, -0.05) is 87.9 Å². The number of carbonyl (C=O) groups is 5. The predicted molar refractivity (Wildman–Crippen MR) is 177 cm³/mol. The normalized spacial score (nSPS) is 14.2. The quantitative estimate of drug-likeness (QED) is 0.101. The molecule has 0 aliphatic carbocycles. The van der Waals surface area contributed by atoms with Crippen LogP contribution in [0.25, 0.3) is 0 Å². The van der Waals surface area contributed by atoms with Gasteiger partial charge >= 0.3 is 12.1 Å². The number of aliphatic hydroxyl groups excluding tert-OH is 1. The third kappa shape index (κ3) is 12.1. The van der Waals surface area contributed by atoms with E-state index < -0.39 is 54.0 Å². The van der Waals surface area contributed by atoms with E-state index >= 15 is 0 Å². The number of amides is 3. The summed E-state index contributed by atoms with van der Waals surface area (Å²) in [4.78, 5) is 65.6. The van der Waals surface area contributed by atoms with E-state index in [0.29, 0.717) is 31.2 Å². The molecule has 2 unspecified atom stereocenters. The van der Waals surface area contributed by atoms with E-state index in [1.807, 2.05) is 36.4 Å². The number of nitrogens with one attached hydrogen (secondary N) is 2. The summed E-state index contributed by atoms with van der Waals surface area (Å²) >= 11 is 0. The maximum Gasteiger partial charge on any atom is 0.408 e. The molecule has 258 valence electrons. The first-order chi connectivity index (χ1) is 22.3. The first kappa shape index (κ1) is 38.9. The van der Waals surface area contributed by atoms with Crippen molar-refractivity contribution in [1.29, 1.82) is 0 Å². The van der Waals surface area contributed by atoms with Gasteiger partial charge in [0.25, 0.3) is 0 Å². The Bertz CT molecular complexity index is 1310. The number of esters is 1.